The first-order chi connectivity index (χ1) is 10.8. The van der Waals surface area contributed by atoms with Gasteiger partial charge in [0.05, 0.1) is 5.56 Å². The van der Waals surface area contributed by atoms with Crippen LogP contribution in [0.1, 0.15) is 52.9 Å². The molecule has 0 aliphatic carbocycles. The fraction of sp³-hybridized carbons (Fsp3) is 0.316. The zero-order valence-corrected chi connectivity index (χ0v) is 13.2. The summed E-state index contributed by atoms with van der Waals surface area (Å²) in [6, 6.07) is 10.9. The predicted molar refractivity (Wildman–Crippen MR) is 84.7 cm³/mol. The van der Waals surface area contributed by atoms with E-state index < -0.39 is 11.7 Å². The molecule has 0 unspecified atom stereocenters. The first-order valence-corrected chi connectivity index (χ1v) is 7.60. The van der Waals surface area contributed by atoms with Crippen LogP contribution in [0.3, 0.4) is 0 Å². The van der Waals surface area contributed by atoms with Crippen molar-refractivity contribution < 1.29 is 18.0 Å². The van der Waals surface area contributed by atoms with Crippen molar-refractivity contribution in [2.24, 2.45) is 0 Å². The van der Waals surface area contributed by atoms with Crippen molar-refractivity contribution in [1.29, 1.82) is 0 Å². The van der Waals surface area contributed by atoms with Crippen molar-refractivity contribution >= 4 is 5.78 Å². The molecule has 0 spiro atoms. The minimum Gasteiger partial charge on any atom is -0.295 e. The number of alkyl halides is 3. The standard InChI is InChI=1S/C19H19F3O/c1-3-4-16-8-5-15(12-18(16)13(2)23)11-14-6-9-17(10-7-14)19(20,21)22/h5-10,12H,3-4,11H2,1-2H3. The summed E-state index contributed by atoms with van der Waals surface area (Å²) in [4.78, 5) is 11.8. The molecule has 0 aromatic heterocycles. The lowest BCUT2D eigenvalue weighted by molar-refractivity contribution is -0.137. The summed E-state index contributed by atoms with van der Waals surface area (Å²) in [6.07, 6.45) is -2.01. The van der Waals surface area contributed by atoms with Gasteiger partial charge in [-0.25, -0.2) is 0 Å². The summed E-state index contributed by atoms with van der Waals surface area (Å²) in [7, 11) is 0. The molecule has 0 N–H and O–H groups in total. The quantitative estimate of drug-likeness (QED) is 0.669. The Bertz CT molecular complexity index is 685. The molecule has 122 valence electrons. The highest BCUT2D eigenvalue weighted by Gasteiger charge is 2.29. The molecule has 0 bridgehead atoms. The van der Waals surface area contributed by atoms with Gasteiger partial charge in [-0.1, -0.05) is 37.6 Å². The van der Waals surface area contributed by atoms with Gasteiger partial charge < -0.3 is 0 Å². The van der Waals surface area contributed by atoms with E-state index in [0.717, 1.165) is 41.7 Å². The largest absolute Gasteiger partial charge is 0.416 e. The smallest absolute Gasteiger partial charge is 0.295 e. The van der Waals surface area contributed by atoms with Crippen LogP contribution in [0.25, 0.3) is 0 Å². The molecule has 2 rings (SSSR count). The number of hydrogen-bond donors (Lipinski definition) is 0. The maximum atomic E-state index is 12.6. The third-order valence-corrected chi connectivity index (χ3v) is 3.76. The van der Waals surface area contributed by atoms with Crippen molar-refractivity contribution in [3.05, 3.63) is 70.3 Å². The van der Waals surface area contributed by atoms with Gasteiger partial charge in [-0.3, -0.25) is 4.79 Å². The van der Waals surface area contributed by atoms with E-state index in [1.807, 2.05) is 18.2 Å². The van der Waals surface area contributed by atoms with Gasteiger partial charge in [-0.15, -0.1) is 0 Å². The Morgan fingerprint density at radius 3 is 2.13 bits per heavy atom. The molecular formula is C19H19F3O. The van der Waals surface area contributed by atoms with Crippen molar-refractivity contribution in [3.63, 3.8) is 0 Å². The molecule has 0 saturated carbocycles. The van der Waals surface area contributed by atoms with Crippen LogP contribution in [0.5, 0.6) is 0 Å². The normalized spacial score (nSPS) is 11.5. The Hall–Kier alpha value is -2.10. The Labute approximate surface area is 134 Å². The van der Waals surface area contributed by atoms with Crippen LogP contribution in [-0.2, 0) is 19.0 Å². The number of Topliss-reactive ketones (excluding diaryl/α,β-unsaturated/α-hetero) is 1. The second-order valence-corrected chi connectivity index (χ2v) is 5.67. The molecule has 0 aliphatic heterocycles. The molecule has 0 saturated heterocycles. The average Bonchev–Trinajstić information content (AvgIpc) is 2.48. The number of carbonyl (C=O) groups is 1. The summed E-state index contributed by atoms with van der Waals surface area (Å²) in [5.74, 6) is 0.0164. The van der Waals surface area contributed by atoms with Gasteiger partial charge in [0.2, 0.25) is 0 Å². The topological polar surface area (TPSA) is 17.1 Å². The van der Waals surface area contributed by atoms with Gasteiger partial charge in [-0.05, 0) is 54.7 Å². The van der Waals surface area contributed by atoms with E-state index in [4.69, 9.17) is 0 Å². The van der Waals surface area contributed by atoms with Crippen molar-refractivity contribution in [2.45, 2.75) is 39.3 Å². The van der Waals surface area contributed by atoms with Crippen LogP contribution in [-0.4, -0.2) is 5.78 Å². The van der Waals surface area contributed by atoms with E-state index in [1.165, 1.54) is 19.1 Å². The van der Waals surface area contributed by atoms with Crippen LogP contribution in [0.4, 0.5) is 13.2 Å². The van der Waals surface area contributed by atoms with E-state index >= 15 is 0 Å². The second-order valence-electron chi connectivity index (χ2n) is 5.67. The van der Waals surface area contributed by atoms with Crippen LogP contribution in [0.15, 0.2) is 42.5 Å². The maximum absolute atomic E-state index is 12.6. The van der Waals surface area contributed by atoms with Gasteiger partial charge in [0, 0.05) is 5.56 Å². The second kappa shape index (κ2) is 6.99. The molecule has 0 atom stereocenters. The number of carbonyl (C=O) groups excluding carboxylic acids is 1. The highest BCUT2D eigenvalue weighted by molar-refractivity contribution is 5.95. The molecule has 4 heteroatoms. The van der Waals surface area contributed by atoms with Gasteiger partial charge >= 0.3 is 6.18 Å². The summed E-state index contributed by atoms with van der Waals surface area (Å²) in [5.41, 5.74) is 2.79. The number of halogens is 3. The molecule has 0 radical (unpaired) electrons. The van der Waals surface area contributed by atoms with Crippen LogP contribution in [0, 0.1) is 0 Å². The van der Waals surface area contributed by atoms with Gasteiger partial charge in [0.25, 0.3) is 0 Å². The maximum Gasteiger partial charge on any atom is 0.416 e. The molecule has 2 aromatic carbocycles. The highest BCUT2D eigenvalue weighted by Crippen LogP contribution is 2.29. The monoisotopic (exact) mass is 320 g/mol. The minimum absolute atomic E-state index is 0.0164. The van der Waals surface area contributed by atoms with Crippen molar-refractivity contribution in [2.75, 3.05) is 0 Å². The van der Waals surface area contributed by atoms with Gasteiger partial charge in [-0.2, -0.15) is 13.2 Å². The Morgan fingerprint density at radius 2 is 1.61 bits per heavy atom. The zero-order valence-electron chi connectivity index (χ0n) is 13.2. The molecule has 0 heterocycles. The number of aryl methyl sites for hydroxylation is 1. The summed E-state index contributed by atoms with van der Waals surface area (Å²) in [6.45, 7) is 3.59. The molecule has 2 aromatic rings. The molecule has 0 aliphatic rings. The lowest BCUT2D eigenvalue weighted by Crippen LogP contribution is -2.05. The first-order valence-electron chi connectivity index (χ1n) is 7.60. The van der Waals surface area contributed by atoms with Crippen molar-refractivity contribution in [1.82, 2.24) is 0 Å². The fourth-order valence-corrected chi connectivity index (χ4v) is 2.60. The molecule has 0 fully saturated rings. The lowest BCUT2D eigenvalue weighted by Gasteiger charge is -2.10. The number of rotatable bonds is 5. The number of hydrogen-bond acceptors (Lipinski definition) is 1. The van der Waals surface area contributed by atoms with Crippen LogP contribution < -0.4 is 0 Å². The lowest BCUT2D eigenvalue weighted by atomic mass is 9.95. The van der Waals surface area contributed by atoms with E-state index in [1.54, 1.807) is 0 Å². The van der Waals surface area contributed by atoms with E-state index in [-0.39, 0.29) is 5.78 Å². The molecule has 23 heavy (non-hydrogen) atoms. The molecular weight excluding hydrogens is 301 g/mol. The SMILES string of the molecule is CCCc1ccc(Cc2ccc(C(F)(F)F)cc2)cc1C(C)=O. The van der Waals surface area contributed by atoms with Crippen LogP contribution in [0.2, 0.25) is 0 Å². The Balaban J connectivity index is 2.23. The van der Waals surface area contributed by atoms with Crippen LogP contribution >= 0.6 is 0 Å². The predicted octanol–water partition coefficient (Wildman–Crippen LogP) is 5.45. The number of benzene rings is 2. The van der Waals surface area contributed by atoms with Crippen molar-refractivity contribution in [3.8, 4) is 0 Å². The third kappa shape index (κ3) is 4.44. The summed E-state index contributed by atoms with van der Waals surface area (Å²) < 4.78 is 37.7. The molecule has 1 nitrogen and oxygen atoms in total. The Kier molecular flexibility index (Phi) is 5.24. The third-order valence-electron chi connectivity index (χ3n) is 3.76. The summed E-state index contributed by atoms with van der Waals surface area (Å²) in [5, 5.41) is 0. The average molecular weight is 320 g/mol. The summed E-state index contributed by atoms with van der Waals surface area (Å²) >= 11 is 0. The number of ketones is 1. The van der Waals surface area contributed by atoms with E-state index in [0.29, 0.717) is 12.0 Å². The highest BCUT2D eigenvalue weighted by atomic mass is 19.4. The zero-order chi connectivity index (χ0) is 17.0. The fourth-order valence-electron chi connectivity index (χ4n) is 2.60. The minimum atomic E-state index is -4.32. The van der Waals surface area contributed by atoms with Gasteiger partial charge in [0.15, 0.2) is 5.78 Å². The first kappa shape index (κ1) is 17.3. The van der Waals surface area contributed by atoms with E-state index in [2.05, 4.69) is 6.92 Å². The molecule has 0 amide bonds. The Morgan fingerprint density at radius 1 is 1.00 bits per heavy atom. The van der Waals surface area contributed by atoms with E-state index in [9.17, 15) is 18.0 Å². The van der Waals surface area contributed by atoms with Gasteiger partial charge in [0.1, 0.15) is 0 Å².